The fourth-order valence-electron chi connectivity index (χ4n) is 1.58. The van der Waals surface area contributed by atoms with E-state index in [1.54, 1.807) is 4.90 Å². The second-order valence-corrected chi connectivity index (χ2v) is 3.52. The number of carbonyl (C=O) groups is 1. The van der Waals surface area contributed by atoms with Crippen LogP contribution in [-0.2, 0) is 16.1 Å². The molecule has 1 atom stereocenters. The predicted molar refractivity (Wildman–Crippen MR) is 49.8 cm³/mol. The van der Waals surface area contributed by atoms with Gasteiger partial charge in [-0.1, -0.05) is 0 Å². The first-order valence-electron chi connectivity index (χ1n) is 4.85. The van der Waals surface area contributed by atoms with Gasteiger partial charge < -0.3 is 9.64 Å². The topological polar surface area (TPSA) is 73.1 Å². The van der Waals surface area contributed by atoms with Gasteiger partial charge in [-0.05, 0) is 17.4 Å². The zero-order chi connectivity index (χ0) is 10.7. The molecule has 0 aromatic carbocycles. The summed E-state index contributed by atoms with van der Waals surface area (Å²) in [6.07, 6.45) is 1.43. The molecule has 1 aliphatic heterocycles. The summed E-state index contributed by atoms with van der Waals surface area (Å²) in [6.45, 7) is 4.00. The Balaban J connectivity index is 1.95. The van der Waals surface area contributed by atoms with Crippen LogP contribution in [0, 0.1) is 0 Å². The molecule has 1 aliphatic rings. The highest BCUT2D eigenvalue weighted by atomic mass is 16.5. The van der Waals surface area contributed by atoms with E-state index in [4.69, 9.17) is 4.74 Å². The monoisotopic (exact) mass is 211 g/mol. The lowest BCUT2D eigenvalue weighted by molar-refractivity contribution is -0.139. The Kier molecular flexibility index (Phi) is 2.91. The number of amides is 1. The van der Waals surface area contributed by atoms with Crippen LogP contribution in [0.25, 0.3) is 0 Å². The molecule has 2 rings (SSSR count). The Morgan fingerprint density at radius 1 is 1.67 bits per heavy atom. The largest absolute Gasteiger partial charge is 0.377 e. The molecule has 0 aliphatic carbocycles. The molecule has 7 nitrogen and oxygen atoms in total. The lowest BCUT2D eigenvalue weighted by Gasteiger charge is -2.33. The summed E-state index contributed by atoms with van der Waals surface area (Å²) in [6, 6.07) is 0.128. The Labute approximate surface area is 87.0 Å². The van der Waals surface area contributed by atoms with Crippen LogP contribution in [0.2, 0.25) is 0 Å². The third-order valence-corrected chi connectivity index (χ3v) is 2.38. The molecule has 1 saturated heterocycles. The summed E-state index contributed by atoms with van der Waals surface area (Å²) in [5, 5.41) is 10.6. The van der Waals surface area contributed by atoms with Crippen LogP contribution in [0.5, 0.6) is 0 Å². The summed E-state index contributed by atoms with van der Waals surface area (Å²) in [4.78, 5) is 13.6. The molecule has 15 heavy (non-hydrogen) atoms. The molecular formula is C8H13N5O2. The van der Waals surface area contributed by atoms with E-state index in [1.165, 1.54) is 11.0 Å². The summed E-state index contributed by atoms with van der Waals surface area (Å²) < 4.78 is 6.68. The van der Waals surface area contributed by atoms with E-state index < -0.39 is 0 Å². The molecule has 82 valence electrons. The molecule has 1 amide bonds. The second-order valence-electron chi connectivity index (χ2n) is 3.52. The van der Waals surface area contributed by atoms with Crippen LogP contribution < -0.4 is 0 Å². The normalized spacial score (nSPS) is 21.7. The van der Waals surface area contributed by atoms with E-state index in [0.29, 0.717) is 19.8 Å². The quantitative estimate of drug-likeness (QED) is 0.622. The van der Waals surface area contributed by atoms with Crippen molar-refractivity contribution in [2.24, 2.45) is 0 Å². The molecule has 2 heterocycles. The van der Waals surface area contributed by atoms with E-state index in [-0.39, 0.29) is 18.5 Å². The second kappa shape index (κ2) is 4.35. The smallest absolute Gasteiger partial charge is 0.244 e. The number of ether oxygens (including phenoxy) is 1. The SMILES string of the molecule is C[C@@H]1COCCN1C(=O)Cn1cnnn1. The van der Waals surface area contributed by atoms with Gasteiger partial charge in [0.15, 0.2) is 0 Å². The Hall–Kier alpha value is -1.50. The van der Waals surface area contributed by atoms with Gasteiger partial charge in [-0.3, -0.25) is 4.79 Å². The Morgan fingerprint density at radius 2 is 2.53 bits per heavy atom. The van der Waals surface area contributed by atoms with Crippen LogP contribution in [-0.4, -0.2) is 56.8 Å². The molecule has 0 radical (unpaired) electrons. The number of nitrogens with zero attached hydrogens (tertiary/aromatic N) is 5. The van der Waals surface area contributed by atoms with Crippen molar-refractivity contribution in [1.82, 2.24) is 25.1 Å². The lowest BCUT2D eigenvalue weighted by atomic mass is 10.2. The van der Waals surface area contributed by atoms with Gasteiger partial charge >= 0.3 is 0 Å². The first-order chi connectivity index (χ1) is 7.27. The lowest BCUT2D eigenvalue weighted by Crippen LogP contribution is -2.48. The molecule has 1 aromatic heterocycles. The maximum atomic E-state index is 11.8. The summed E-state index contributed by atoms with van der Waals surface area (Å²) in [5.74, 6) is 0.0260. The summed E-state index contributed by atoms with van der Waals surface area (Å²) >= 11 is 0. The van der Waals surface area contributed by atoms with Crippen LogP contribution in [0.15, 0.2) is 6.33 Å². The number of aromatic nitrogens is 4. The van der Waals surface area contributed by atoms with E-state index in [1.807, 2.05) is 6.92 Å². The van der Waals surface area contributed by atoms with Gasteiger partial charge in [-0.2, -0.15) is 0 Å². The molecule has 0 spiro atoms. The molecule has 0 saturated carbocycles. The minimum Gasteiger partial charge on any atom is -0.377 e. The number of rotatable bonds is 2. The van der Waals surface area contributed by atoms with Crippen molar-refractivity contribution in [2.45, 2.75) is 19.5 Å². The zero-order valence-electron chi connectivity index (χ0n) is 8.54. The van der Waals surface area contributed by atoms with Gasteiger partial charge in [0.05, 0.1) is 19.3 Å². The maximum Gasteiger partial charge on any atom is 0.244 e. The molecule has 0 N–H and O–H groups in total. The molecule has 1 aromatic rings. The van der Waals surface area contributed by atoms with E-state index in [2.05, 4.69) is 15.5 Å². The highest BCUT2D eigenvalue weighted by molar-refractivity contribution is 5.76. The highest BCUT2D eigenvalue weighted by Gasteiger charge is 2.23. The average molecular weight is 211 g/mol. The number of hydrogen-bond donors (Lipinski definition) is 0. The predicted octanol–water partition coefficient (Wildman–Crippen LogP) is -1.08. The number of hydrogen-bond acceptors (Lipinski definition) is 5. The minimum atomic E-state index is 0.0260. The third kappa shape index (κ3) is 2.30. The van der Waals surface area contributed by atoms with Crippen molar-refractivity contribution in [2.75, 3.05) is 19.8 Å². The van der Waals surface area contributed by atoms with Gasteiger partial charge in [-0.25, -0.2) is 4.68 Å². The van der Waals surface area contributed by atoms with Crippen molar-refractivity contribution >= 4 is 5.91 Å². The van der Waals surface area contributed by atoms with Crippen molar-refractivity contribution in [1.29, 1.82) is 0 Å². The van der Waals surface area contributed by atoms with Gasteiger partial charge in [-0.15, -0.1) is 5.10 Å². The van der Waals surface area contributed by atoms with E-state index >= 15 is 0 Å². The highest BCUT2D eigenvalue weighted by Crippen LogP contribution is 2.06. The number of carbonyl (C=O) groups excluding carboxylic acids is 1. The summed E-state index contributed by atoms with van der Waals surface area (Å²) in [5.41, 5.74) is 0. The molecular weight excluding hydrogens is 198 g/mol. The van der Waals surface area contributed by atoms with Gasteiger partial charge in [0.25, 0.3) is 0 Å². The minimum absolute atomic E-state index is 0.0260. The standard InChI is InChI=1S/C8H13N5O2/c1-7-5-15-3-2-13(7)8(14)4-12-6-9-10-11-12/h6-7H,2-5H2,1H3/t7-/m1/s1. The number of morpholine rings is 1. The fourth-order valence-corrected chi connectivity index (χ4v) is 1.58. The van der Waals surface area contributed by atoms with Crippen LogP contribution in [0.1, 0.15) is 6.92 Å². The number of tetrazole rings is 1. The van der Waals surface area contributed by atoms with Crippen molar-refractivity contribution in [3.63, 3.8) is 0 Å². The van der Waals surface area contributed by atoms with Crippen molar-refractivity contribution in [3.05, 3.63) is 6.33 Å². The Bertz CT molecular complexity index is 326. The molecule has 1 fully saturated rings. The van der Waals surface area contributed by atoms with Crippen LogP contribution in [0.4, 0.5) is 0 Å². The van der Waals surface area contributed by atoms with Crippen LogP contribution in [0.3, 0.4) is 0 Å². The maximum absolute atomic E-state index is 11.8. The molecule has 0 unspecified atom stereocenters. The van der Waals surface area contributed by atoms with Gasteiger partial charge in [0, 0.05) is 6.54 Å². The Morgan fingerprint density at radius 3 is 3.20 bits per heavy atom. The first kappa shape index (κ1) is 10.0. The molecule has 0 bridgehead atoms. The van der Waals surface area contributed by atoms with E-state index in [0.717, 1.165) is 0 Å². The van der Waals surface area contributed by atoms with E-state index in [9.17, 15) is 4.79 Å². The average Bonchev–Trinajstić information content (AvgIpc) is 2.71. The third-order valence-electron chi connectivity index (χ3n) is 2.38. The van der Waals surface area contributed by atoms with Crippen molar-refractivity contribution < 1.29 is 9.53 Å². The fraction of sp³-hybridized carbons (Fsp3) is 0.750. The first-order valence-corrected chi connectivity index (χ1v) is 4.85. The van der Waals surface area contributed by atoms with Crippen molar-refractivity contribution in [3.8, 4) is 0 Å². The van der Waals surface area contributed by atoms with Gasteiger partial charge in [0.1, 0.15) is 12.9 Å². The van der Waals surface area contributed by atoms with Crippen LogP contribution >= 0.6 is 0 Å². The van der Waals surface area contributed by atoms with Gasteiger partial charge in [0.2, 0.25) is 5.91 Å². The zero-order valence-corrected chi connectivity index (χ0v) is 8.54. The summed E-state index contributed by atoms with van der Waals surface area (Å²) in [7, 11) is 0. The molecule has 7 heteroatoms.